The molecule has 0 saturated carbocycles. The largest absolute Gasteiger partial charge is 0.485 e. The first-order chi connectivity index (χ1) is 13.0. The van der Waals surface area contributed by atoms with Crippen molar-refractivity contribution in [1.29, 1.82) is 0 Å². The van der Waals surface area contributed by atoms with E-state index in [0.717, 1.165) is 22.4 Å². The molecule has 140 valence electrons. The zero-order valence-corrected chi connectivity index (χ0v) is 15.7. The van der Waals surface area contributed by atoms with Gasteiger partial charge in [-0.05, 0) is 49.9 Å². The van der Waals surface area contributed by atoms with E-state index >= 15 is 0 Å². The first-order valence-corrected chi connectivity index (χ1v) is 8.87. The SMILES string of the molecule is Cc1cccc(C)c1OCc1cc(C(=O)NC(C)Cc2cccnc2)no1. The van der Waals surface area contributed by atoms with Crippen LogP contribution in [0.15, 0.2) is 53.3 Å². The third-order valence-electron chi connectivity index (χ3n) is 4.20. The molecular weight excluding hydrogens is 342 g/mol. The summed E-state index contributed by atoms with van der Waals surface area (Å²) in [5, 5.41) is 6.77. The Kier molecular flexibility index (Phi) is 5.86. The van der Waals surface area contributed by atoms with Gasteiger partial charge in [-0.2, -0.15) is 0 Å². The highest BCUT2D eigenvalue weighted by Crippen LogP contribution is 2.23. The van der Waals surface area contributed by atoms with Gasteiger partial charge in [0, 0.05) is 24.5 Å². The zero-order chi connectivity index (χ0) is 19.2. The minimum Gasteiger partial charge on any atom is -0.485 e. The average molecular weight is 365 g/mol. The number of carbonyl (C=O) groups excluding carboxylic acids is 1. The minimum atomic E-state index is -0.270. The van der Waals surface area contributed by atoms with E-state index in [2.05, 4.69) is 15.5 Å². The molecule has 2 aromatic heterocycles. The van der Waals surface area contributed by atoms with Crippen molar-refractivity contribution in [3.63, 3.8) is 0 Å². The number of nitrogens with zero attached hydrogens (tertiary/aromatic N) is 2. The van der Waals surface area contributed by atoms with Gasteiger partial charge in [-0.25, -0.2) is 0 Å². The van der Waals surface area contributed by atoms with Gasteiger partial charge in [-0.3, -0.25) is 9.78 Å². The fourth-order valence-electron chi connectivity index (χ4n) is 2.88. The van der Waals surface area contributed by atoms with Gasteiger partial charge in [0.05, 0.1) is 0 Å². The topological polar surface area (TPSA) is 77.2 Å². The molecule has 2 heterocycles. The fourth-order valence-corrected chi connectivity index (χ4v) is 2.88. The Morgan fingerprint density at radius 2 is 2.00 bits per heavy atom. The Morgan fingerprint density at radius 3 is 2.70 bits per heavy atom. The minimum absolute atomic E-state index is 0.0484. The molecule has 1 atom stereocenters. The van der Waals surface area contributed by atoms with E-state index in [1.807, 2.05) is 51.1 Å². The molecule has 0 aliphatic rings. The highest BCUT2D eigenvalue weighted by atomic mass is 16.5. The average Bonchev–Trinajstić information content (AvgIpc) is 3.11. The number of pyridine rings is 1. The van der Waals surface area contributed by atoms with Gasteiger partial charge in [0.25, 0.3) is 5.91 Å². The molecule has 0 aliphatic carbocycles. The molecule has 6 heteroatoms. The van der Waals surface area contributed by atoms with Crippen LogP contribution in [0.5, 0.6) is 5.75 Å². The predicted octanol–water partition coefficient (Wildman–Crippen LogP) is 3.63. The van der Waals surface area contributed by atoms with E-state index in [9.17, 15) is 4.79 Å². The van der Waals surface area contributed by atoms with Crippen molar-refractivity contribution in [2.24, 2.45) is 0 Å². The summed E-state index contributed by atoms with van der Waals surface area (Å²) in [4.78, 5) is 16.4. The fraction of sp³-hybridized carbons (Fsp3) is 0.286. The Bertz CT molecular complexity index is 886. The highest BCUT2D eigenvalue weighted by molar-refractivity contribution is 5.92. The number of amides is 1. The first kappa shape index (κ1) is 18.6. The summed E-state index contributed by atoms with van der Waals surface area (Å²) in [6, 6.07) is 11.4. The molecule has 1 N–H and O–H groups in total. The maximum Gasteiger partial charge on any atom is 0.273 e. The standard InChI is InChI=1S/C21H23N3O3/c1-14-6-4-7-15(2)20(14)26-13-18-11-19(24-27-18)21(25)23-16(3)10-17-8-5-9-22-12-17/h4-9,11-12,16H,10,13H2,1-3H3,(H,23,25). The monoisotopic (exact) mass is 365 g/mol. The van der Waals surface area contributed by atoms with E-state index < -0.39 is 0 Å². The second-order valence-electron chi connectivity index (χ2n) is 6.63. The molecule has 0 bridgehead atoms. The number of aromatic nitrogens is 2. The van der Waals surface area contributed by atoms with Crippen LogP contribution in [0.1, 0.15) is 39.9 Å². The van der Waals surface area contributed by atoms with Crippen LogP contribution < -0.4 is 10.1 Å². The number of ether oxygens (including phenoxy) is 1. The lowest BCUT2D eigenvalue weighted by Gasteiger charge is -2.12. The van der Waals surface area contributed by atoms with Gasteiger partial charge in [0.1, 0.15) is 12.4 Å². The third kappa shape index (κ3) is 4.94. The van der Waals surface area contributed by atoms with Crippen LogP contribution in [0, 0.1) is 13.8 Å². The summed E-state index contributed by atoms with van der Waals surface area (Å²) in [5.41, 5.74) is 3.41. The molecule has 3 aromatic rings. The van der Waals surface area contributed by atoms with Crippen LogP contribution >= 0.6 is 0 Å². The summed E-state index contributed by atoms with van der Waals surface area (Å²) in [7, 11) is 0. The van der Waals surface area contributed by atoms with E-state index in [1.165, 1.54) is 0 Å². The van der Waals surface area contributed by atoms with Crippen LogP contribution in [0.3, 0.4) is 0 Å². The Balaban J connectivity index is 1.56. The molecule has 6 nitrogen and oxygen atoms in total. The van der Waals surface area contributed by atoms with Crippen LogP contribution in [0.25, 0.3) is 0 Å². The molecule has 0 spiro atoms. The second-order valence-corrected chi connectivity index (χ2v) is 6.63. The number of hydrogen-bond acceptors (Lipinski definition) is 5. The smallest absolute Gasteiger partial charge is 0.273 e. The molecule has 0 radical (unpaired) electrons. The summed E-state index contributed by atoms with van der Waals surface area (Å²) in [5.74, 6) is 1.06. The van der Waals surface area contributed by atoms with Crippen molar-refractivity contribution >= 4 is 5.91 Å². The number of aryl methyl sites for hydroxylation is 2. The van der Waals surface area contributed by atoms with Gasteiger partial charge in [0.15, 0.2) is 11.5 Å². The molecule has 27 heavy (non-hydrogen) atoms. The lowest BCUT2D eigenvalue weighted by atomic mass is 10.1. The second kappa shape index (κ2) is 8.49. The van der Waals surface area contributed by atoms with Gasteiger partial charge in [-0.1, -0.05) is 29.4 Å². The number of carbonyl (C=O) groups is 1. The van der Waals surface area contributed by atoms with Crippen molar-refractivity contribution in [1.82, 2.24) is 15.5 Å². The molecule has 0 fully saturated rings. The van der Waals surface area contributed by atoms with Gasteiger partial charge < -0.3 is 14.6 Å². The zero-order valence-electron chi connectivity index (χ0n) is 15.7. The normalized spacial score (nSPS) is 11.8. The number of nitrogens with one attached hydrogen (secondary N) is 1. The molecule has 1 aromatic carbocycles. The van der Waals surface area contributed by atoms with Crippen LogP contribution in [-0.4, -0.2) is 22.1 Å². The van der Waals surface area contributed by atoms with E-state index in [-0.39, 0.29) is 24.2 Å². The summed E-state index contributed by atoms with van der Waals surface area (Å²) in [6.45, 7) is 6.14. The van der Waals surface area contributed by atoms with E-state index in [4.69, 9.17) is 9.26 Å². The Hall–Kier alpha value is -3.15. The number of hydrogen-bond donors (Lipinski definition) is 1. The molecule has 3 rings (SSSR count). The lowest BCUT2D eigenvalue weighted by Crippen LogP contribution is -2.34. The van der Waals surface area contributed by atoms with Crippen molar-refractivity contribution in [2.75, 3.05) is 0 Å². The molecule has 0 saturated heterocycles. The summed E-state index contributed by atoms with van der Waals surface area (Å²) >= 11 is 0. The maximum absolute atomic E-state index is 12.4. The van der Waals surface area contributed by atoms with Crippen molar-refractivity contribution in [3.8, 4) is 5.75 Å². The molecule has 1 amide bonds. The number of rotatable bonds is 7. The number of benzene rings is 1. The third-order valence-corrected chi connectivity index (χ3v) is 4.20. The molecule has 0 aliphatic heterocycles. The summed E-state index contributed by atoms with van der Waals surface area (Å²) < 4.78 is 11.1. The molecule has 1 unspecified atom stereocenters. The molecular formula is C21H23N3O3. The summed E-state index contributed by atoms with van der Waals surface area (Å²) in [6.07, 6.45) is 4.21. The van der Waals surface area contributed by atoms with Crippen molar-refractivity contribution < 1.29 is 14.1 Å². The van der Waals surface area contributed by atoms with Crippen LogP contribution in [-0.2, 0) is 13.0 Å². The van der Waals surface area contributed by atoms with Gasteiger partial charge in [0.2, 0.25) is 0 Å². The van der Waals surface area contributed by atoms with Crippen LogP contribution in [0.4, 0.5) is 0 Å². The van der Waals surface area contributed by atoms with Gasteiger partial charge >= 0.3 is 0 Å². The predicted molar refractivity (Wildman–Crippen MR) is 102 cm³/mol. The Labute approximate surface area is 158 Å². The number of para-hydroxylation sites is 1. The Morgan fingerprint density at radius 1 is 1.22 bits per heavy atom. The quantitative estimate of drug-likeness (QED) is 0.692. The van der Waals surface area contributed by atoms with Crippen molar-refractivity contribution in [3.05, 3.63) is 76.9 Å². The van der Waals surface area contributed by atoms with E-state index in [0.29, 0.717) is 12.2 Å². The van der Waals surface area contributed by atoms with Crippen molar-refractivity contribution in [2.45, 2.75) is 39.8 Å². The van der Waals surface area contributed by atoms with Crippen LogP contribution in [0.2, 0.25) is 0 Å². The highest BCUT2D eigenvalue weighted by Gasteiger charge is 2.16. The lowest BCUT2D eigenvalue weighted by molar-refractivity contribution is 0.0930. The first-order valence-electron chi connectivity index (χ1n) is 8.87. The maximum atomic E-state index is 12.4. The van der Waals surface area contributed by atoms with E-state index in [1.54, 1.807) is 18.5 Å². The van der Waals surface area contributed by atoms with Gasteiger partial charge in [-0.15, -0.1) is 0 Å².